The summed E-state index contributed by atoms with van der Waals surface area (Å²) in [7, 11) is 0. The standard InChI is InChI=1S/C14H20O2/c1-5-7-16-12-8-10(3)14(11(4)9-12)13(15)6-2/h8-9H,5-7H2,1-4H3. The molecule has 0 heterocycles. The van der Waals surface area contributed by atoms with Crippen LogP contribution in [0.5, 0.6) is 5.75 Å². The molecule has 0 aromatic heterocycles. The number of rotatable bonds is 5. The van der Waals surface area contributed by atoms with Crippen LogP contribution in [0.4, 0.5) is 0 Å². The van der Waals surface area contributed by atoms with Gasteiger partial charge in [-0.15, -0.1) is 0 Å². The maximum absolute atomic E-state index is 11.7. The quantitative estimate of drug-likeness (QED) is 0.707. The van der Waals surface area contributed by atoms with Gasteiger partial charge in [0.1, 0.15) is 5.75 Å². The molecule has 0 aliphatic rings. The van der Waals surface area contributed by atoms with Gasteiger partial charge in [-0.25, -0.2) is 0 Å². The molecular weight excluding hydrogens is 200 g/mol. The molecule has 0 N–H and O–H groups in total. The van der Waals surface area contributed by atoms with Gasteiger partial charge >= 0.3 is 0 Å². The molecule has 0 saturated heterocycles. The minimum Gasteiger partial charge on any atom is -0.494 e. The van der Waals surface area contributed by atoms with E-state index >= 15 is 0 Å². The second kappa shape index (κ2) is 5.69. The lowest BCUT2D eigenvalue weighted by Crippen LogP contribution is -2.04. The van der Waals surface area contributed by atoms with Gasteiger partial charge in [-0.1, -0.05) is 13.8 Å². The summed E-state index contributed by atoms with van der Waals surface area (Å²) in [6.45, 7) is 8.63. The summed E-state index contributed by atoms with van der Waals surface area (Å²) in [6, 6.07) is 3.90. The molecule has 1 aromatic carbocycles. The lowest BCUT2D eigenvalue weighted by atomic mass is 9.97. The number of carbonyl (C=O) groups is 1. The molecule has 0 spiro atoms. The van der Waals surface area contributed by atoms with E-state index in [2.05, 4.69) is 6.92 Å². The molecule has 88 valence electrons. The van der Waals surface area contributed by atoms with E-state index < -0.39 is 0 Å². The lowest BCUT2D eigenvalue weighted by Gasteiger charge is -2.11. The fourth-order valence-corrected chi connectivity index (χ4v) is 1.84. The smallest absolute Gasteiger partial charge is 0.163 e. The average molecular weight is 220 g/mol. The zero-order chi connectivity index (χ0) is 12.1. The predicted molar refractivity (Wildman–Crippen MR) is 66.3 cm³/mol. The number of hydrogen-bond donors (Lipinski definition) is 0. The van der Waals surface area contributed by atoms with Gasteiger partial charge < -0.3 is 4.74 Å². The molecule has 2 nitrogen and oxygen atoms in total. The minimum absolute atomic E-state index is 0.206. The maximum Gasteiger partial charge on any atom is 0.163 e. The van der Waals surface area contributed by atoms with Crippen molar-refractivity contribution < 1.29 is 9.53 Å². The average Bonchev–Trinajstić information content (AvgIpc) is 2.25. The normalized spacial score (nSPS) is 10.2. The summed E-state index contributed by atoms with van der Waals surface area (Å²) in [5.74, 6) is 1.07. The van der Waals surface area contributed by atoms with E-state index in [1.165, 1.54) is 0 Å². The molecule has 0 aliphatic heterocycles. The maximum atomic E-state index is 11.7. The Balaban J connectivity index is 3.02. The van der Waals surface area contributed by atoms with Gasteiger partial charge in [0.2, 0.25) is 0 Å². The van der Waals surface area contributed by atoms with Crippen molar-refractivity contribution in [1.29, 1.82) is 0 Å². The van der Waals surface area contributed by atoms with Crippen LogP contribution in [0.1, 0.15) is 48.2 Å². The Bertz CT molecular complexity index is 357. The van der Waals surface area contributed by atoms with Crippen LogP contribution in [0.2, 0.25) is 0 Å². The molecule has 0 amide bonds. The lowest BCUT2D eigenvalue weighted by molar-refractivity contribution is 0.0987. The third-order valence-corrected chi connectivity index (χ3v) is 2.58. The number of aryl methyl sites for hydroxylation is 2. The first-order chi connectivity index (χ1) is 7.60. The highest BCUT2D eigenvalue weighted by molar-refractivity contribution is 5.98. The van der Waals surface area contributed by atoms with E-state index in [9.17, 15) is 4.79 Å². The van der Waals surface area contributed by atoms with Crippen molar-refractivity contribution in [2.45, 2.75) is 40.5 Å². The van der Waals surface area contributed by atoms with Gasteiger partial charge in [-0.2, -0.15) is 0 Å². The molecule has 1 rings (SSSR count). The van der Waals surface area contributed by atoms with Crippen molar-refractivity contribution >= 4 is 5.78 Å². The monoisotopic (exact) mass is 220 g/mol. The minimum atomic E-state index is 0.206. The highest BCUT2D eigenvalue weighted by atomic mass is 16.5. The van der Waals surface area contributed by atoms with Crippen molar-refractivity contribution in [2.75, 3.05) is 6.61 Å². The zero-order valence-corrected chi connectivity index (χ0v) is 10.6. The number of Topliss-reactive ketones (excluding diaryl/α,β-unsaturated/α-hetero) is 1. The van der Waals surface area contributed by atoms with Gasteiger partial charge in [-0.05, 0) is 43.5 Å². The van der Waals surface area contributed by atoms with Crippen molar-refractivity contribution in [2.24, 2.45) is 0 Å². The summed E-state index contributed by atoms with van der Waals surface area (Å²) in [5, 5.41) is 0. The first-order valence-electron chi connectivity index (χ1n) is 5.87. The molecule has 0 saturated carbocycles. The second-order valence-electron chi connectivity index (χ2n) is 4.06. The van der Waals surface area contributed by atoms with E-state index in [0.29, 0.717) is 6.42 Å². The third kappa shape index (κ3) is 2.84. The van der Waals surface area contributed by atoms with Crippen molar-refractivity contribution in [1.82, 2.24) is 0 Å². The van der Waals surface area contributed by atoms with Crippen LogP contribution in [-0.2, 0) is 0 Å². The first kappa shape index (κ1) is 12.8. The van der Waals surface area contributed by atoms with E-state index in [1.54, 1.807) is 0 Å². The second-order valence-corrected chi connectivity index (χ2v) is 4.06. The summed E-state index contributed by atoms with van der Waals surface area (Å²) >= 11 is 0. The Kier molecular flexibility index (Phi) is 4.53. The molecule has 16 heavy (non-hydrogen) atoms. The zero-order valence-electron chi connectivity index (χ0n) is 10.6. The Morgan fingerprint density at radius 3 is 2.19 bits per heavy atom. The number of ether oxygens (including phenoxy) is 1. The Morgan fingerprint density at radius 1 is 1.19 bits per heavy atom. The van der Waals surface area contributed by atoms with Crippen LogP contribution < -0.4 is 4.74 Å². The number of ketones is 1. The van der Waals surface area contributed by atoms with Crippen LogP contribution in [0.15, 0.2) is 12.1 Å². The molecule has 1 aromatic rings. The van der Waals surface area contributed by atoms with Gasteiger partial charge in [0.05, 0.1) is 6.61 Å². The summed E-state index contributed by atoms with van der Waals surface area (Å²) in [4.78, 5) is 11.7. The highest BCUT2D eigenvalue weighted by Crippen LogP contribution is 2.23. The molecule has 0 unspecified atom stereocenters. The van der Waals surface area contributed by atoms with E-state index in [-0.39, 0.29) is 5.78 Å². The van der Waals surface area contributed by atoms with Crippen molar-refractivity contribution in [3.8, 4) is 5.75 Å². The summed E-state index contributed by atoms with van der Waals surface area (Å²) < 4.78 is 5.57. The Labute approximate surface area is 97.6 Å². The summed E-state index contributed by atoms with van der Waals surface area (Å²) in [6.07, 6.45) is 1.55. The van der Waals surface area contributed by atoms with Crippen molar-refractivity contribution in [3.05, 3.63) is 28.8 Å². The fraction of sp³-hybridized carbons (Fsp3) is 0.500. The van der Waals surface area contributed by atoms with E-state index in [4.69, 9.17) is 4.74 Å². The molecule has 0 atom stereocenters. The highest BCUT2D eigenvalue weighted by Gasteiger charge is 2.11. The molecular formula is C14H20O2. The number of carbonyl (C=O) groups excluding carboxylic acids is 1. The molecule has 0 aliphatic carbocycles. The Hall–Kier alpha value is -1.31. The van der Waals surface area contributed by atoms with Gasteiger partial charge in [0.25, 0.3) is 0 Å². The van der Waals surface area contributed by atoms with Crippen LogP contribution in [0.3, 0.4) is 0 Å². The van der Waals surface area contributed by atoms with Crippen molar-refractivity contribution in [3.63, 3.8) is 0 Å². The van der Waals surface area contributed by atoms with Crippen LogP contribution in [0, 0.1) is 13.8 Å². The predicted octanol–water partition coefficient (Wildman–Crippen LogP) is 3.68. The topological polar surface area (TPSA) is 26.3 Å². The molecule has 0 bridgehead atoms. The van der Waals surface area contributed by atoms with E-state index in [0.717, 1.165) is 35.5 Å². The fourth-order valence-electron chi connectivity index (χ4n) is 1.84. The van der Waals surface area contributed by atoms with Gasteiger partial charge in [0, 0.05) is 12.0 Å². The van der Waals surface area contributed by atoms with Gasteiger partial charge in [-0.3, -0.25) is 4.79 Å². The van der Waals surface area contributed by atoms with Crippen LogP contribution in [-0.4, -0.2) is 12.4 Å². The molecule has 0 fully saturated rings. The Morgan fingerprint density at radius 2 is 1.75 bits per heavy atom. The van der Waals surface area contributed by atoms with Crippen LogP contribution >= 0.6 is 0 Å². The van der Waals surface area contributed by atoms with E-state index in [1.807, 2.05) is 32.9 Å². The molecule has 2 heteroatoms. The SMILES string of the molecule is CCCOc1cc(C)c(C(=O)CC)c(C)c1. The molecule has 0 radical (unpaired) electrons. The number of benzene rings is 1. The van der Waals surface area contributed by atoms with Gasteiger partial charge in [0.15, 0.2) is 5.78 Å². The third-order valence-electron chi connectivity index (χ3n) is 2.58. The van der Waals surface area contributed by atoms with Crippen LogP contribution in [0.25, 0.3) is 0 Å². The largest absolute Gasteiger partial charge is 0.494 e. The number of hydrogen-bond acceptors (Lipinski definition) is 2. The first-order valence-corrected chi connectivity index (χ1v) is 5.87. The summed E-state index contributed by atoms with van der Waals surface area (Å²) in [5.41, 5.74) is 2.88.